The van der Waals surface area contributed by atoms with E-state index in [1.807, 2.05) is 42.5 Å². The number of halogens is 2. The van der Waals surface area contributed by atoms with Gasteiger partial charge in [0.15, 0.2) is 6.61 Å². The average Bonchev–Trinajstić information content (AvgIpc) is 2.74. The Kier molecular flexibility index (Phi) is 6.68. The minimum absolute atomic E-state index is 0.355. The van der Waals surface area contributed by atoms with E-state index in [1.54, 1.807) is 12.1 Å². The third-order valence-electron chi connectivity index (χ3n) is 4.32. The lowest BCUT2D eigenvalue weighted by Gasteiger charge is -2.11. The lowest BCUT2D eigenvalue weighted by molar-refractivity contribution is -0.119. The third-order valence-corrected chi connectivity index (χ3v) is 4.32. The molecule has 0 bridgehead atoms. The van der Waals surface area contributed by atoms with Crippen LogP contribution in [0, 0.1) is 11.6 Å². The second-order valence-electron chi connectivity index (χ2n) is 6.36. The van der Waals surface area contributed by atoms with E-state index in [9.17, 15) is 18.4 Å². The zero-order valence-corrected chi connectivity index (χ0v) is 15.5. The number of para-hydroxylation sites is 1. The van der Waals surface area contributed by atoms with Gasteiger partial charge in [-0.25, -0.2) is 13.6 Å². The normalized spacial score (nSPS) is 10.4. The first-order valence-corrected chi connectivity index (χ1v) is 9.07. The van der Waals surface area contributed by atoms with Crippen LogP contribution in [-0.2, 0) is 22.4 Å². The van der Waals surface area contributed by atoms with Crippen LogP contribution < -0.4 is 5.32 Å². The Morgan fingerprint density at radius 2 is 1.45 bits per heavy atom. The molecule has 6 heteroatoms. The maximum absolute atomic E-state index is 13.6. The van der Waals surface area contributed by atoms with E-state index in [2.05, 4.69) is 5.32 Å². The number of carbonyl (C=O) groups excluding carboxylic acids is 2. The Balaban J connectivity index is 1.60. The first-order chi connectivity index (χ1) is 14.0. The van der Waals surface area contributed by atoms with Crippen LogP contribution in [0.15, 0.2) is 72.8 Å². The molecule has 0 aliphatic heterocycles. The summed E-state index contributed by atoms with van der Waals surface area (Å²) in [6, 6.07) is 20.1. The second-order valence-corrected chi connectivity index (χ2v) is 6.36. The van der Waals surface area contributed by atoms with Crippen LogP contribution in [0.3, 0.4) is 0 Å². The fourth-order valence-electron chi connectivity index (χ4n) is 2.86. The Morgan fingerprint density at radius 3 is 2.17 bits per heavy atom. The largest absolute Gasteiger partial charge is 0.452 e. The zero-order chi connectivity index (χ0) is 20.6. The van der Waals surface area contributed by atoms with Gasteiger partial charge in [-0.1, -0.05) is 54.6 Å². The number of anilines is 1. The van der Waals surface area contributed by atoms with Gasteiger partial charge >= 0.3 is 5.97 Å². The Bertz CT molecular complexity index is 986. The van der Waals surface area contributed by atoms with Crippen molar-refractivity contribution in [3.63, 3.8) is 0 Å². The molecule has 0 fully saturated rings. The van der Waals surface area contributed by atoms with Crippen molar-refractivity contribution in [2.24, 2.45) is 0 Å². The van der Waals surface area contributed by atoms with Gasteiger partial charge in [-0.2, -0.15) is 0 Å². The van der Waals surface area contributed by atoms with Crippen LogP contribution in [-0.4, -0.2) is 18.5 Å². The predicted molar refractivity (Wildman–Crippen MR) is 106 cm³/mol. The van der Waals surface area contributed by atoms with Gasteiger partial charge in [0.05, 0.1) is 5.56 Å². The number of esters is 1. The van der Waals surface area contributed by atoms with Crippen LogP contribution in [0.25, 0.3) is 0 Å². The summed E-state index contributed by atoms with van der Waals surface area (Å²) >= 11 is 0. The van der Waals surface area contributed by atoms with Crippen molar-refractivity contribution in [2.45, 2.75) is 12.8 Å². The summed E-state index contributed by atoms with van der Waals surface area (Å²) in [6.07, 6.45) is 1.38. The van der Waals surface area contributed by atoms with Gasteiger partial charge < -0.3 is 10.1 Å². The summed E-state index contributed by atoms with van der Waals surface area (Å²) in [5, 5.41) is 2.08. The van der Waals surface area contributed by atoms with Crippen LogP contribution in [0.5, 0.6) is 0 Å². The number of ether oxygens (including phenoxy) is 1. The molecule has 0 saturated heterocycles. The minimum atomic E-state index is -0.907. The molecular formula is C23H19F2NO3. The molecule has 29 heavy (non-hydrogen) atoms. The Morgan fingerprint density at radius 1 is 0.793 bits per heavy atom. The molecule has 148 valence electrons. The van der Waals surface area contributed by atoms with Crippen LogP contribution in [0.4, 0.5) is 14.5 Å². The molecule has 0 aliphatic rings. The zero-order valence-electron chi connectivity index (χ0n) is 15.5. The molecule has 0 spiro atoms. The molecule has 0 aliphatic carbocycles. The summed E-state index contributed by atoms with van der Waals surface area (Å²) in [7, 11) is 0. The van der Waals surface area contributed by atoms with Gasteiger partial charge in [0.2, 0.25) is 0 Å². The monoisotopic (exact) mass is 395 g/mol. The maximum Gasteiger partial charge on any atom is 0.338 e. The quantitative estimate of drug-likeness (QED) is 0.598. The molecule has 3 aromatic rings. The molecule has 0 saturated carbocycles. The van der Waals surface area contributed by atoms with E-state index in [0.717, 1.165) is 29.7 Å². The van der Waals surface area contributed by atoms with Crippen LogP contribution >= 0.6 is 0 Å². The van der Waals surface area contributed by atoms with Crippen molar-refractivity contribution in [3.05, 3.63) is 101 Å². The Labute approximate surface area is 167 Å². The van der Waals surface area contributed by atoms with E-state index in [0.29, 0.717) is 12.0 Å². The molecule has 1 N–H and O–H groups in total. The van der Waals surface area contributed by atoms with Gasteiger partial charge in [0, 0.05) is 0 Å². The van der Waals surface area contributed by atoms with Crippen molar-refractivity contribution in [1.82, 2.24) is 0 Å². The number of hydrogen-bond donors (Lipinski definition) is 1. The first kappa shape index (κ1) is 20.2. The molecule has 4 nitrogen and oxygen atoms in total. The lowest BCUT2D eigenvalue weighted by atomic mass is 10.00. The molecule has 0 aromatic heterocycles. The Hall–Kier alpha value is -3.54. The molecule has 3 aromatic carbocycles. The molecule has 0 atom stereocenters. The summed E-state index contributed by atoms with van der Waals surface area (Å²) in [6.45, 7) is -0.653. The molecule has 1 amide bonds. The summed E-state index contributed by atoms with van der Waals surface area (Å²) in [5.41, 5.74) is 1.72. The van der Waals surface area contributed by atoms with Gasteiger partial charge in [0.25, 0.3) is 5.91 Å². The number of benzene rings is 3. The lowest BCUT2D eigenvalue weighted by Crippen LogP contribution is -2.22. The second kappa shape index (κ2) is 9.59. The molecule has 0 heterocycles. The van der Waals surface area contributed by atoms with E-state index in [4.69, 9.17) is 4.74 Å². The van der Waals surface area contributed by atoms with Crippen molar-refractivity contribution in [2.75, 3.05) is 11.9 Å². The number of amides is 1. The molecular weight excluding hydrogens is 376 g/mol. The number of nitrogens with one attached hydrogen (secondary N) is 1. The van der Waals surface area contributed by atoms with Gasteiger partial charge in [-0.15, -0.1) is 0 Å². The van der Waals surface area contributed by atoms with Gasteiger partial charge in [-0.05, 0) is 42.2 Å². The number of aryl methyl sites for hydroxylation is 2. The van der Waals surface area contributed by atoms with E-state index in [1.165, 1.54) is 6.07 Å². The fraction of sp³-hybridized carbons (Fsp3) is 0.130. The highest BCUT2D eigenvalue weighted by atomic mass is 19.1. The highest BCUT2D eigenvalue weighted by molar-refractivity contribution is 5.96. The van der Waals surface area contributed by atoms with Gasteiger partial charge in [0.1, 0.15) is 17.3 Å². The number of rotatable bonds is 7. The maximum atomic E-state index is 13.6. The third kappa shape index (κ3) is 5.48. The van der Waals surface area contributed by atoms with Gasteiger partial charge in [-0.3, -0.25) is 4.79 Å². The number of hydrogen-bond acceptors (Lipinski definition) is 3. The summed E-state index contributed by atoms with van der Waals surface area (Å²) in [5.74, 6) is -3.31. The van der Waals surface area contributed by atoms with Crippen molar-refractivity contribution in [3.8, 4) is 0 Å². The predicted octanol–water partition coefficient (Wildman–Crippen LogP) is 4.55. The molecule has 3 rings (SSSR count). The average molecular weight is 395 g/mol. The van der Waals surface area contributed by atoms with Crippen molar-refractivity contribution >= 4 is 17.6 Å². The highest BCUT2D eigenvalue weighted by Gasteiger charge is 2.16. The van der Waals surface area contributed by atoms with Crippen molar-refractivity contribution in [1.29, 1.82) is 0 Å². The topological polar surface area (TPSA) is 55.4 Å². The van der Waals surface area contributed by atoms with Crippen LogP contribution in [0.1, 0.15) is 21.5 Å². The first-order valence-electron chi connectivity index (χ1n) is 9.07. The van der Waals surface area contributed by atoms with E-state index < -0.39 is 35.8 Å². The van der Waals surface area contributed by atoms with E-state index in [-0.39, 0.29) is 0 Å². The van der Waals surface area contributed by atoms with E-state index >= 15 is 0 Å². The van der Waals surface area contributed by atoms with Crippen LogP contribution in [0.2, 0.25) is 0 Å². The standard InChI is InChI=1S/C23H19F2NO3/c24-19-11-6-12-20(25)22(19)26-21(27)15-29-23(28)18-10-5-4-9-17(18)14-13-16-7-2-1-3-8-16/h1-12H,13-15H2,(H,26,27). The molecule has 0 unspecified atom stereocenters. The summed E-state index contributed by atoms with van der Waals surface area (Å²) < 4.78 is 32.2. The smallest absolute Gasteiger partial charge is 0.338 e. The van der Waals surface area contributed by atoms with Crippen molar-refractivity contribution < 1.29 is 23.1 Å². The fourth-order valence-corrected chi connectivity index (χ4v) is 2.86. The minimum Gasteiger partial charge on any atom is -0.452 e. The number of carbonyl (C=O) groups is 2. The highest BCUT2D eigenvalue weighted by Crippen LogP contribution is 2.18. The summed E-state index contributed by atoms with van der Waals surface area (Å²) in [4.78, 5) is 24.3. The SMILES string of the molecule is O=C(COC(=O)c1ccccc1CCc1ccccc1)Nc1c(F)cccc1F. The molecule has 0 radical (unpaired) electrons.